The number of rotatable bonds is 4. The van der Waals surface area contributed by atoms with E-state index in [1.807, 2.05) is 7.05 Å². The summed E-state index contributed by atoms with van der Waals surface area (Å²) in [6, 6.07) is 0. The van der Waals surface area contributed by atoms with Crippen LogP contribution in [-0.4, -0.2) is 68.3 Å². The Morgan fingerprint density at radius 3 is 2.43 bits per heavy atom. The molecule has 0 radical (unpaired) electrons. The van der Waals surface area contributed by atoms with E-state index in [1.54, 1.807) is 0 Å². The topological polar surface area (TPSA) is 30.9 Å². The van der Waals surface area contributed by atoms with E-state index < -0.39 is 12.7 Å². The molecule has 2 aliphatic rings. The predicted octanol–water partition coefficient (Wildman–Crippen LogP) is 2.16. The molecular weight excluding hydrogens is 396 g/mol. The highest BCUT2D eigenvalue weighted by Gasteiger charge is 2.32. The van der Waals surface area contributed by atoms with E-state index >= 15 is 0 Å². The van der Waals surface area contributed by atoms with Gasteiger partial charge in [-0.25, -0.2) is 0 Å². The zero-order valence-corrected chi connectivity index (χ0v) is 14.7. The number of likely N-dealkylation sites (tertiary alicyclic amines) is 1. The first-order valence-corrected chi connectivity index (χ1v) is 7.22. The molecule has 8 heteroatoms. The molecule has 2 aliphatic heterocycles. The first-order chi connectivity index (χ1) is 9.44. The van der Waals surface area contributed by atoms with Crippen LogP contribution in [0.15, 0.2) is 4.99 Å². The number of nitrogens with zero attached hydrogens (tertiary/aromatic N) is 3. The number of guanidine groups is 1. The molecule has 0 aromatic rings. The summed E-state index contributed by atoms with van der Waals surface area (Å²) in [6.07, 6.45) is -1.34. The summed E-state index contributed by atoms with van der Waals surface area (Å²) in [6.45, 7) is 3.01. The number of alkyl halides is 3. The quantitative estimate of drug-likeness (QED) is 0.708. The molecule has 124 valence electrons. The second kappa shape index (κ2) is 8.40. The number of aliphatic imine (C=N–C) groups is 1. The van der Waals surface area contributed by atoms with Crippen LogP contribution in [0.5, 0.6) is 0 Å². The van der Waals surface area contributed by atoms with E-state index in [1.165, 1.54) is 4.90 Å². The monoisotopic (exact) mass is 420 g/mol. The van der Waals surface area contributed by atoms with Gasteiger partial charge < -0.3 is 10.2 Å². The molecule has 2 heterocycles. The van der Waals surface area contributed by atoms with Gasteiger partial charge in [-0.05, 0) is 38.3 Å². The molecule has 0 amide bonds. The van der Waals surface area contributed by atoms with E-state index in [0.29, 0.717) is 19.0 Å². The Kier molecular flexibility index (Phi) is 7.52. The molecule has 0 aromatic heterocycles. The molecule has 21 heavy (non-hydrogen) atoms. The highest BCUT2D eigenvalue weighted by molar-refractivity contribution is 14.0. The molecule has 0 aliphatic carbocycles. The Labute approximate surface area is 141 Å². The van der Waals surface area contributed by atoms with Gasteiger partial charge >= 0.3 is 6.18 Å². The maximum Gasteiger partial charge on any atom is 0.401 e. The summed E-state index contributed by atoms with van der Waals surface area (Å²) < 4.78 is 36.8. The van der Waals surface area contributed by atoms with Gasteiger partial charge in [0.05, 0.1) is 13.1 Å². The van der Waals surface area contributed by atoms with Crippen LogP contribution < -0.4 is 5.32 Å². The van der Waals surface area contributed by atoms with Gasteiger partial charge in [0.15, 0.2) is 5.96 Å². The lowest BCUT2D eigenvalue weighted by Gasteiger charge is -2.32. The Morgan fingerprint density at radius 2 is 1.90 bits per heavy atom. The van der Waals surface area contributed by atoms with Crippen LogP contribution in [0.1, 0.15) is 19.3 Å². The smallest absolute Gasteiger partial charge is 0.356 e. The minimum absolute atomic E-state index is 0. The maximum absolute atomic E-state index is 12.3. The van der Waals surface area contributed by atoms with Gasteiger partial charge in [0.25, 0.3) is 0 Å². The molecule has 0 aromatic carbocycles. The zero-order chi connectivity index (χ0) is 14.6. The standard InChI is InChI=1S/C13H23F3N4.HI/c1-19-9-6-18-12(19)17-5-2-11-3-7-20(8-4-11)10-13(14,15)16;/h11H,2-10H2,1H3,(H,17,18);1H. The number of likely N-dealkylation sites (N-methyl/N-ethyl adjacent to an activating group) is 1. The van der Waals surface area contributed by atoms with Gasteiger partial charge in [-0.15, -0.1) is 24.0 Å². The predicted molar refractivity (Wildman–Crippen MR) is 88.2 cm³/mol. The summed E-state index contributed by atoms with van der Waals surface area (Å²) in [5, 5.41) is 3.31. The van der Waals surface area contributed by atoms with Crippen LogP contribution in [0.4, 0.5) is 13.2 Å². The lowest BCUT2D eigenvalue weighted by Crippen LogP contribution is -2.41. The Bertz CT molecular complexity index is 341. The molecule has 0 unspecified atom stereocenters. The molecule has 4 nitrogen and oxygen atoms in total. The third kappa shape index (κ3) is 6.58. The van der Waals surface area contributed by atoms with Crippen molar-refractivity contribution in [3.63, 3.8) is 0 Å². The SMILES string of the molecule is CN1CCN=C1NCCC1CCN(CC(F)(F)F)CC1.I. The van der Waals surface area contributed by atoms with Crippen LogP contribution in [-0.2, 0) is 0 Å². The Balaban J connectivity index is 0.00000220. The summed E-state index contributed by atoms with van der Waals surface area (Å²) in [5.74, 6) is 1.47. The van der Waals surface area contributed by atoms with Crippen molar-refractivity contribution in [1.29, 1.82) is 0 Å². The van der Waals surface area contributed by atoms with Crippen molar-refractivity contribution in [1.82, 2.24) is 15.1 Å². The van der Waals surface area contributed by atoms with Gasteiger partial charge in [0.1, 0.15) is 0 Å². The molecule has 0 spiro atoms. The second-order valence-electron chi connectivity index (χ2n) is 5.68. The molecule has 1 fully saturated rings. The highest BCUT2D eigenvalue weighted by Crippen LogP contribution is 2.23. The summed E-state index contributed by atoms with van der Waals surface area (Å²) >= 11 is 0. The fraction of sp³-hybridized carbons (Fsp3) is 0.923. The molecule has 2 rings (SSSR count). The van der Waals surface area contributed by atoms with Gasteiger partial charge in [-0.3, -0.25) is 9.89 Å². The van der Waals surface area contributed by atoms with E-state index in [-0.39, 0.29) is 24.0 Å². The minimum atomic E-state index is -4.07. The van der Waals surface area contributed by atoms with Crippen LogP contribution in [0.25, 0.3) is 0 Å². The average Bonchev–Trinajstić information content (AvgIpc) is 2.76. The third-order valence-electron chi connectivity index (χ3n) is 4.00. The molecule has 0 saturated carbocycles. The van der Waals surface area contributed by atoms with Crippen LogP contribution in [0, 0.1) is 5.92 Å². The van der Waals surface area contributed by atoms with E-state index in [4.69, 9.17) is 0 Å². The van der Waals surface area contributed by atoms with Crippen molar-refractivity contribution >= 4 is 29.9 Å². The molecular formula is C13H24F3IN4. The van der Waals surface area contributed by atoms with E-state index in [0.717, 1.165) is 44.9 Å². The Hall–Kier alpha value is -0.250. The molecule has 1 saturated heterocycles. The maximum atomic E-state index is 12.3. The first kappa shape index (κ1) is 18.8. The van der Waals surface area contributed by atoms with Crippen molar-refractivity contribution in [2.45, 2.75) is 25.4 Å². The van der Waals surface area contributed by atoms with Gasteiger partial charge in [0.2, 0.25) is 0 Å². The number of hydrogen-bond acceptors (Lipinski definition) is 4. The van der Waals surface area contributed by atoms with Gasteiger partial charge in [-0.1, -0.05) is 0 Å². The van der Waals surface area contributed by atoms with Crippen molar-refractivity contribution in [2.24, 2.45) is 10.9 Å². The number of hydrogen-bond donors (Lipinski definition) is 1. The van der Waals surface area contributed by atoms with Crippen molar-refractivity contribution in [3.05, 3.63) is 0 Å². The molecule has 0 bridgehead atoms. The normalized spacial score (nSPS) is 21.1. The zero-order valence-electron chi connectivity index (χ0n) is 12.3. The summed E-state index contributed by atoms with van der Waals surface area (Å²) in [7, 11) is 2.01. The summed E-state index contributed by atoms with van der Waals surface area (Å²) in [5.41, 5.74) is 0. The van der Waals surface area contributed by atoms with Crippen molar-refractivity contribution in [3.8, 4) is 0 Å². The number of piperidine rings is 1. The van der Waals surface area contributed by atoms with Crippen LogP contribution in [0.3, 0.4) is 0 Å². The van der Waals surface area contributed by atoms with Crippen molar-refractivity contribution in [2.75, 3.05) is 46.3 Å². The lowest BCUT2D eigenvalue weighted by atomic mass is 9.93. The largest absolute Gasteiger partial charge is 0.401 e. The van der Waals surface area contributed by atoms with Crippen LogP contribution in [0.2, 0.25) is 0 Å². The number of nitrogens with one attached hydrogen (secondary N) is 1. The van der Waals surface area contributed by atoms with E-state index in [9.17, 15) is 13.2 Å². The lowest BCUT2D eigenvalue weighted by molar-refractivity contribution is -0.148. The van der Waals surface area contributed by atoms with Crippen molar-refractivity contribution < 1.29 is 13.2 Å². The second-order valence-corrected chi connectivity index (χ2v) is 5.68. The summed E-state index contributed by atoms with van der Waals surface area (Å²) in [4.78, 5) is 7.95. The Morgan fingerprint density at radius 1 is 1.24 bits per heavy atom. The van der Waals surface area contributed by atoms with E-state index in [2.05, 4.69) is 15.2 Å². The fourth-order valence-electron chi connectivity index (χ4n) is 2.80. The molecule has 1 N–H and O–H groups in total. The third-order valence-corrected chi connectivity index (χ3v) is 4.00. The average molecular weight is 420 g/mol. The minimum Gasteiger partial charge on any atom is -0.356 e. The van der Waals surface area contributed by atoms with Gasteiger partial charge in [-0.2, -0.15) is 13.2 Å². The van der Waals surface area contributed by atoms with Gasteiger partial charge in [0, 0.05) is 20.1 Å². The highest BCUT2D eigenvalue weighted by atomic mass is 127. The fourth-order valence-corrected chi connectivity index (χ4v) is 2.80. The first-order valence-electron chi connectivity index (χ1n) is 7.22. The molecule has 0 atom stereocenters. The number of halogens is 4. The van der Waals surface area contributed by atoms with Crippen LogP contribution >= 0.6 is 24.0 Å².